The summed E-state index contributed by atoms with van der Waals surface area (Å²) in [6, 6.07) is 4.68. The Balaban J connectivity index is 1.68. The van der Waals surface area contributed by atoms with Gasteiger partial charge >= 0.3 is 6.18 Å². The van der Waals surface area contributed by atoms with Crippen LogP contribution in [0.25, 0.3) is 16.8 Å². The van der Waals surface area contributed by atoms with Crippen molar-refractivity contribution in [2.24, 2.45) is 0 Å². The summed E-state index contributed by atoms with van der Waals surface area (Å²) >= 11 is 0. The minimum atomic E-state index is -4.52. The van der Waals surface area contributed by atoms with Crippen LogP contribution in [0.1, 0.15) is 24.9 Å². The van der Waals surface area contributed by atoms with Gasteiger partial charge in [-0.3, -0.25) is 4.68 Å². The van der Waals surface area contributed by atoms with Crippen molar-refractivity contribution in [3.05, 3.63) is 60.4 Å². The van der Waals surface area contributed by atoms with Crippen molar-refractivity contribution in [1.29, 1.82) is 0 Å². The monoisotopic (exact) mass is 492 g/mol. The van der Waals surface area contributed by atoms with E-state index in [1.807, 2.05) is 6.92 Å². The molecule has 0 saturated heterocycles. The van der Waals surface area contributed by atoms with Gasteiger partial charge in [0.2, 0.25) is 0 Å². The molecule has 0 bridgehead atoms. The zero-order valence-corrected chi connectivity index (χ0v) is 19.1. The van der Waals surface area contributed by atoms with Crippen LogP contribution in [-0.2, 0) is 6.54 Å². The highest BCUT2D eigenvalue weighted by atomic mass is 19.4. The summed E-state index contributed by atoms with van der Waals surface area (Å²) in [6.45, 7) is 0.679. The van der Waals surface area contributed by atoms with Crippen LogP contribution in [0, 0.1) is 5.82 Å². The van der Waals surface area contributed by atoms with E-state index in [0.29, 0.717) is 30.0 Å². The second kappa shape index (κ2) is 9.90. The highest BCUT2D eigenvalue weighted by Gasteiger charge is 2.30. The van der Waals surface area contributed by atoms with Crippen molar-refractivity contribution in [3.8, 4) is 16.9 Å². The van der Waals surface area contributed by atoms with E-state index in [-0.39, 0.29) is 12.4 Å². The molecule has 0 radical (unpaired) electrons. The van der Waals surface area contributed by atoms with Gasteiger partial charge in [-0.2, -0.15) is 23.4 Å². The molecular formula is C23H24F4N6O2. The molecule has 4 aromatic rings. The summed E-state index contributed by atoms with van der Waals surface area (Å²) in [6.07, 6.45) is 2.73. The number of fused-ring (bicyclic) bond motifs is 1. The van der Waals surface area contributed by atoms with Crippen LogP contribution in [-0.4, -0.2) is 55.9 Å². The Morgan fingerprint density at radius 3 is 2.69 bits per heavy atom. The molecule has 1 aromatic carbocycles. The number of anilines is 1. The molecule has 4 rings (SSSR count). The van der Waals surface area contributed by atoms with E-state index in [4.69, 9.17) is 14.8 Å². The van der Waals surface area contributed by atoms with Crippen molar-refractivity contribution in [3.63, 3.8) is 0 Å². The Bertz CT molecular complexity index is 1300. The molecule has 1 N–H and O–H groups in total. The van der Waals surface area contributed by atoms with Gasteiger partial charge in [-0.15, -0.1) is 0 Å². The van der Waals surface area contributed by atoms with Crippen LogP contribution in [0.2, 0.25) is 0 Å². The predicted molar refractivity (Wildman–Crippen MR) is 121 cm³/mol. The molecule has 3 aromatic heterocycles. The molecule has 0 spiro atoms. The molecule has 12 heteroatoms. The van der Waals surface area contributed by atoms with E-state index < -0.39 is 24.6 Å². The predicted octanol–water partition coefficient (Wildman–Crippen LogP) is 4.25. The highest BCUT2D eigenvalue weighted by molar-refractivity contribution is 5.77. The minimum Gasteiger partial charge on any atom is -0.484 e. The summed E-state index contributed by atoms with van der Waals surface area (Å²) < 4.78 is 60.6. The van der Waals surface area contributed by atoms with Gasteiger partial charge in [0, 0.05) is 36.1 Å². The molecule has 0 aliphatic carbocycles. The van der Waals surface area contributed by atoms with Gasteiger partial charge in [0.15, 0.2) is 12.3 Å². The summed E-state index contributed by atoms with van der Waals surface area (Å²) in [4.78, 5) is 6.49. The van der Waals surface area contributed by atoms with Gasteiger partial charge < -0.3 is 14.7 Å². The lowest BCUT2D eigenvalue weighted by molar-refractivity contribution is -0.153. The fourth-order valence-corrected chi connectivity index (χ4v) is 3.92. The standard InChI is InChI=1S/C23H24F4N6O2/c1-3-19(17-10-16(24)4-5-20(17)35-14-23(25,26)27)31(2)21-6-7-33-22(30-21)18(12-29-33)15-11-28-32(13-15)8-9-34/h4-7,10-13,19,34H,3,8-9,14H2,1-2H3. The minimum absolute atomic E-state index is 0.0372. The van der Waals surface area contributed by atoms with Gasteiger partial charge in [0.05, 0.1) is 31.6 Å². The molecule has 1 unspecified atom stereocenters. The third-order valence-electron chi connectivity index (χ3n) is 5.57. The van der Waals surface area contributed by atoms with Crippen molar-refractivity contribution in [1.82, 2.24) is 24.4 Å². The molecule has 186 valence electrons. The number of ether oxygens (including phenoxy) is 1. The zero-order valence-electron chi connectivity index (χ0n) is 19.1. The highest BCUT2D eigenvalue weighted by Crippen LogP contribution is 2.35. The summed E-state index contributed by atoms with van der Waals surface area (Å²) in [5.41, 5.74) is 2.32. The number of aromatic nitrogens is 5. The molecule has 3 heterocycles. The molecule has 35 heavy (non-hydrogen) atoms. The van der Waals surface area contributed by atoms with Gasteiger partial charge in [-0.25, -0.2) is 13.9 Å². The number of halogens is 4. The van der Waals surface area contributed by atoms with E-state index >= 15 is 0 Å². The number of aliphatic hydroxyl groups is 1. The van der Waals surface area contributed by atoms with Crippen molar-refractivity contribution in [2.75, 3.05) is 25.2 Å². The molecule has 0 aliphatic rings. The van der Waals surface area contributed by atoms with Crippen LogP contribution in [0.5, 0.6) is 5.75 Å². The van der Waals surface area contributed by atoms with Crippen LogP contribution < -0.4 is 9.64 Å². The maximum Gasteiger partial charge on any atom is 0.422 e. The number of alkyl halides is 3. The van der Waals surface area contributed by atoms with E-state index in [1.165, 1.54) is 12.1 Å². The quantitative estimate of drug-likeness (QED) is 0.352. The van der Waals surface area contributed by atoms with Crippen molar-refractivity contribution >= 4 is 11.5 Å². The van der Waals surface area contributed by atoms with Crippen LogP contribution >= 0.6 is 0 Å². The molecule has 0 fully saturated rings. The molecule has 0 saturated carbocycles. The van der Waals surface area contributed by atoms with E-state index in [2.05, 4.69) is 10.2 Å². The number of benzene rings is 1. The van der Waals surface area contributed by atoms with E-state index in [1.54, 1.807) is 52.0 Å². The summed E-state index contributed by atoms with van der Waals surface area (Å²) in [7, 11) is 1.74. The first-order valence-electron chi connectivity index (χ1n) is 10.9. The Labute approximate surface area is 198 Å². The van der Waals surface area contributed by atoms with Crippen molar-refractivity contribution < 1.29 is 27.4 Å². The zero-order chi connectivity index (χ0) is 25.2. The first-order valence-corrected chi connectivity index (χ1v) is 10.9. The Morgan fingerprint density at radius 1 is 1.17 bits per heavy atom. The normalized spacial score (nSPS) is 12.8. The third-order valence-corrected chi connectivity index (χ3v) is 5.57. The average Bonchev–Trinajstić information content (AvgIpc) is 3.45. The Morgan fingerprint density at radius 2 is 1.97 bits per heavy atom. The lowest BCUT2D eigenvalue weighted by Crippen LogP contribution is -2.26. The second-order valence-corrected chi connectivity index (χ2v) is 7.95. The maximum absolute atomic E-state index is 14.1. The molecule has 1 atom stereocenters. The number of hydrogen-bond donors (Lipinski definition) is 1. The van der Waals surface area contributed by atoms with E-state index in [9.17, 15) is 17.6 Å². The van der Waals surface area contributed by atoms with Gasteiger partial charge in [0.25, 0.3) is 0 Å². The molecule has 0 aliphatic heterocycles. The van der Waals surface area contributed by atoms with Gasteiger partial charge in [0.1, 0.15) is 17.4 Å². The van der Waals surface area contributed by atoms with Crippen LogP contribution in [0.3, 0.4) is 0 Å². The number of aliphatic hydroxyl groups excluding tert-OH is 1. The van der Waals surface area contributed by atoms with E-state index in [0.717, 1.165) is 17.2 Å². The lowest BCUT2D eigenvalue weighted by Gasteiger charge is -2.30. The first-order chi connectivity index (χ1) is 16.7. The summed E-state index contributed by atoms with van der Waals surface area (Å²) in [5, 5.41) is 17.7. The molecular weight excluding hydrogens is 468 g/mol. The fraction of sp³-hybridized carbons (Fsp3) is 0.348. The Kier molecular flexibility index (Phi) is 6.92. The van der Waals surface area contributed by atoms with Crippen molar-refractivity contribution in [2.45, 2.75) is 32.1 Å². The molecule has 0 amide bonds. The van der Waals surface area contributed by atoms with Crippen LogP contribution in [0.15, 0.2) is 49.1 Å². The average molecular weight is 492 g/mol. The third kappa shape index (κ3) is 5.37. The number of nitrogens with zero attached hydrogens (tertiary/aromatic N) is 6. The second-order valence-electron chi connectivity index (χ2n) is 7.95. The largest absolute Gasteiger partial charge is 0.484 e. The Hall–Kier alpha value is -3.67. The number of hydrogen-bond acceptors (Lipinski definition) is 6. The summed E-state index contributed by atoms with van der Waals surface area (Å²) in [5.74, 6) is -0.0997. The van der Waals surface area contributed by atoms with Crippen LogP contribution in [0.4, 0.5) is 23.4 Å². The lowest BCUT2D eigenvalue weighted by atomic mass is 10.0. The van der Waals surface area contributed by atoms with Gasteiger partial charge in [-0.05, 0) is 30.7 Å². The van der Waals surface area contributed by atoms with Gasteiger partial charge in [-0.1, -0.05) is 6.92 Å². The number of rotatable bonds is 9. The SMILES string of the molecule is CCC(c1cc(F)ccc1OCC(F)(F)F)N(C)c1ccn2ncc(-c3cnn(CCO)c3)c2n1. The molecule has 8 nitrogen and oxygen atoms in total. The fourth-order valence-electron chi connectivity index (χ4n) is 3.92. The topological polar surface area (TPSA) is 80.7 Å². The maximum atomic E-state index is 14.1. The smallest absolute Gasteiger partial charge is 0.422 e. The first kappa shape index (κ1) is 24.5.